The smallest absolute Gasteiger partial charge is 0.462 e. The van der Waals surface area contributed by atoms with Crippen LogP contribution >= 0.6 is 0 Å². The Bertz CT molecular complexity index is 825. The standard InChI is InChI=1S/C26H60O9Si6/c1-23(2)25(27)29-19-17-21-40(31-36(5,6)7,32-37(8,9)10)35-41(33-38(11,12)13,34-39(14,15)16)22-18-20-30-26(28)24(3)4/h25,27H,1,3,17-22H2,2,4-16H3. The summed E-state index contributed by atoms with van der Waals surface area (Å²) in [6.45, 7) is 36.8. The third kappa shape index (κ3) is 19.8. The molecule has 0 aliphatic rings. The fourth-order valence-electron chi connectivity index (χ4n) is 3.74. The normalized spacial score (nSPS) is 14.6. The van der Waals surface area contributed by atoms with Crippen LogP contribution in [0.15, 0.2) is 24.3 Å². The molecular weight excluding hydrogens is 625 g/mol. The first-order valence-corrected chi connectivity index (χ1v) is 32.0. The van der Waals surface area contributed by atoms with Crippen LogP contribution in [0.25, 0.3) is 0 Å². The van der Waals surface area contributed by atoms with Crippen molar-refractivity contribution in [1.82, 2.24) is 0 Å². The summed E-state index contributed by atoms with van der Waals surface area (Å²) in [5.74, 6) is -0.416. The van der Waals surface area contributed by atoms with E-state index in [1.165, 1.54) is 0 Å². The lowest BCUT2D eigenvalue weighted by atomic mass is 10.3. The molecule has 0 aliphatic heterocycles. The average Bonchev–Trinajstić information content (AvgIpc) is 2.68. The van der Waals surface area contributed by atoms with Crippen molar-refractivity contribution in [3.8, 4) is 0 Å². The van der Waals surface area contributed by atoms with Gasteiger partial charge in [0.2, 0.25) is 0 Å². The van der Waals surface area contributed by atoms with Gasteiger partial charge in [0, 0.05) is 17.7 Å². The SMILES string of the molecule is C=C(C)C(=O)OCCC[Si](O[Si](C)(C)C)(O[Si](C)(C)C)O[Si](CCCOC(O)C(=C)C)(O[Si](C)(C)C)O[Si](C)(C)C. The van der Waals surface area contributed by atoms with Crippen LogP contribution in [0.3, 0.4) is 0 Å². The van der Waals surface area contributed by atoms with Crippen LogP contribution in [-0.2, 0) is 34.8 Å². The van der Waals surface area contributed by atoms with E-state index in [0.29, 0.717) is 42.7 Å². The predicted octanol–water partition coefficient (Wildman–Crippen LogP) is 7.10. The molecule has 0 bridgehead atoms. The highest BCUT2D eigenvalue weighted by molar-refractivity contribution is 6.92. The maximum absolute atomic E-state index is 12.1. The summed E-state index contributed by atoms with van der Waals surface area (Å²) in [5.41, 5.74) is 0.909. The van der Waals surface area contributed by atoms with Crippen LogP contribution in [0, 0.1) is 0 Å². The molecule has 0 aromatic heterocycles. The van der Waals surface area contributed by atoms with Crippen LogP contribution in [0.5, 0.6) is 0 Å². The van der Waals surface area contributed by atoms with Crippen LogP contribution in [0.2, 0.25) is 90.7 Å². The highest BCUT2D eigenvalue weighted by Crippen LogP contribution is 2.35. The van der Waals surface area contributed by atoms with E-state index in [1.807, 2.05) is 0 Å². The van der Waals surface area contributed by atoms with Crippen LogP contribution < -0.4 is 0 Å². The zero-order valence-electron chi connectivity index (χ0n) is 28.4. The molecule has 41 heavy (non-hydrogen) atoms. The van der Waals surface area contributed by atoms with Crippen LogP contribution in [0.4, 0.5) is 0 Å². The van der Waals surface area contributed by atoms with Gasteiger partial charge in [0.25, 0.3) is 0 Å². The number of carbonyl (C=O) groups excluding carboxylic acids is 1. The van der Waals surface area contributed by atoms with Crippen molar-refractivity contribution in [2.45, 2.75) is 124 Å². The molecule has 0 rings (SSSR count). The number of rotatable bonds is 21. The maximum Gasteiger partial charge on any atom is 0.472 e. The molecule has 0 heterocycles. The number of carbonyl (C=O) groups is 1. The van der Waals surface area contributed by atoms with Gasteiger partial charge in [0.15, 0.2) is 39.6 Å². The van der Waals surface area contributed by atoms with Crippen LogP contribution in [-0.4, -0.2) is 81.5 Å². The lowest BCUT2D eigenvalue weighted by molar-refractivity contribution is -0.139. The minimum absolute atomic E-state index is 0.207. The molecule has 0 amide bonds. The average molecular weight is 685 g/mol. The molecule has 0 fully saturated rings. The number of ether oxygens (including phenoxy) is 2. The summed E-state index contributed by atoms with van der Waals surface area (Å²) in [6.07, 6.45) is 0.0496. The monoisotopic (exact) mass is 684 g/mol. The number of aliphatic hydroxyl groups is 1. The van der Waals surface area contributed by atoms with Crippen molar-refractivity contribution in [1.29, 1.82) is 0 Å². The molecule has 1 atom stereocenters. The Morgan fingerprint density at radius 2 is 0.976 bits per heavy atom. The summed E-state index contributed by atoms with van der Waals surface area (Å²) in [6, 6.07) is 0.961. The first-order valence-electron chi connectivity index (χ1n) is 14.5. The number of hydrogen-bond donors (Lipinski definition) is 1. The lowest BCUT2D eigenvalue weighted by Gasteiger charge is -2.47. The Morgan fingerprint density at radius 1 is 0.634 bits per heavy atom. The summed E-state index contributed by atoms with van der Waals surface area (Å²) in [4.78, 5) is 12.1. The third-order valence-electron chi connectivity index (χ3n) is 4.69. The van der Waals surface area contributed by atoms with Crippen molar-refractivity contribution < 1.29 is 40.0 Å². The summed E-state index contributed by atoms with van der Waals surface area (Å²) in [7, 11) is -15.6. The largest absolute Gasteiger partial charge is 0.472 e. The van der Waals surface area contributed by atoms with Crippen molar-refractivity contribution in [3.05, 3.63) is 24.3 Å². The quantitative estimate of drug-likeness (QED) is 0.0339. The van der Waals surface area contributed by atoms with E-state index in [4.69, 9.17) is 30.0 Å². The maximum atomic E-state index is 12.1. The van der Waals surface area contributed by atoms with Crippen molar-refractivity contribution >= 4 is 56.8 Å². The van der Waals surface area contributed by atoms with Gasteiger partial charge in [0.05, 0.1) is 13.2 Å². The van der Waals surface area contributed by atoms with Gasteiger partial charge in [-0.05, 0) is 111 Å². The first-order chi connectivity index (χ1) is 18.2. The van der Waals surface area contributed by atoms with E-state index in [-0.39, 0.29) is 6.61 Å². The molecule has 242 valence electrons. The topological polar surface area (TPSA) is 102 Å². The predicted molar refractivity (Wildman–Crippen MR) is 182 cm³/mol. The second kappa shape index (κ2) is 16.3. The Morgan fingerprint density at radius 3 is 1.27 bits per heavy atom. The van der Waals surface area contributed by atoms with E-state index < -0.39 is 63.1 Å². The highest BCUT2D eigenvalue weighted by atomic mass is 28.5. The summed E-state index contributed by atoms with van der Waals surface area (Å²) >= 11 is 0. The zero-order chi connectivity index (χ0) is 32.5. The van der Waals surface area contributed by atoms with Gasteiger partial charge in [0.1, 0.15) is 0 Å². The zero-order valence-corrected chi connectivity index (χ0v) is 34.4. The van der Waals surface area contributed by atoms with Gasteiger partial charge >= 0.3 is 23.6 Å². The van der Waals surface area contributed by atoms with Gasteiger partial charge in [-0.3, -0.25) is 0 Å². The van der Waals surface area contributed by atoms with Crippen molar-refractivity contribution in [2.75, 3.05) is 13.2 Å². The second-order valence-electron chi connectivity index (χ2n) is 14.5. The molecule has 0 saturated heterocycles. The Labute approximate surface area is 257 Å². The highest BCUT2D eigenvalue weighted by Gasteiger charge is 2.58. The van der Waals surface area contributed by atoms with Gasteiger partial charge in [-0.2, -0.15) is 0 Å². The number of esters is 1. The molecule has 0 aromatic rings. The van der Waals surface area contributed by atoms with Gasteiger partial charge in [-0.15, -0.1) is 0 Å². The molecule has 0 aliphatic carbocycles. The Kier molecular flexibility index (Phi) is 16.3. The fraction of sp³-hybridized carbons (Fsp3) is 0.808. The molecule has 0 saturated carbocycles. The van der Waals surface area contributed by atoms with E-state index in [9.17, 15) is 9.90 Å². The first kappa shape index (κ1) is 41.0. The molecule has 0 aromatic carbocycles. The van der Waals surface area contributed by atoms with Gasteiger partial charge in [-0.1, -0.05) is 13.2 Å². The summed E-state index contributed by atoms with van der Waals surface area (Å²) < 4.78 is 46.1. The molecular formula is C26H60O9Si6. The molecule has 0 spiro atoms. The van der Waals surface area contributed by atoms with Gasteiger partial charge in [-0.25, -0.2) is 4.79 Å². The Hall–Kier alpha value is -0.0287. The van der Waals surface area contributed by atoms with Gasteiger partial charge < -0.3 is 35.2 Å². The van der Waals surface area contributed by atoms with E-state index >= 15 is 0 Å². The Balaban J connectivity index is 6.70. The number of aliphatic hydroxyl groups excluding tert-OH is 1. The fourth-order valence-corrected chi connectivity index (χ4v) is 27.4. The summed E-state index contributed by atoms with van der Waals surface area (Å²) in [5, 5.41) is 10.1. The number of hydrogen-bond acceptors (Lipinski definition) is 9. The minimum atomic E-state index is -3.44. The molecule has 0 radical (unpaired) electrons. The van der Waals surface area contributed by atoms with E-state index in [0.717, 1.165) is 0 Å². The molecule has 1 N–H and O–H groups in total. The second-order valence-corrected chi connectivity index (χ2v) is 39.2. The molecule has 1 unspecified atom stereocenters. The minimum Gasteiger partial charge on any atom is -0.462 e. The molecule has 9 nitrogen and oxygen atoms in total. The lowest BCUT2D eigenvalue weighted by Crippen LogP contribution is -2.67. The van der Waals surface area contributed by atoms with E-state index in [2.05, 4.69) is 91.7 Å². The van der Waals surface area contributed by atoms with Crippen LogP contribution in [0.1, 0.15) is 26.7 Å². The third-order valence-corrected chi connectivity index (χ3v) is 23.9. The van der Waals surface area contributed by atoms with E-state index in [1.54, 1.807) is 13.8 Å². The van der Waals surface area contributed by atoms with Crippen molar-refractivity contribution in [3.63, 3.8) is 0 Å². The molecule has 15 heteroatoms. The van der Waals surface area contributed by atoms with Crippen molar-refractivity contribution in [2.24, 2.45) is 0 Å².